The molecule has 0 aromatic heterocycles. The summed E-state index contributed by atoms with van der Waals surface area (Å²) in [5.74, 6) is -1.60. The summed E-state index contributed by atoms with van der Waals surface area (Å²) in [5, 5.41) is 13.3. The third-order valence-electron chi connectivity index (χ3n) is 4.08. The maximum absolute atomic E-state index is 12.7. The Kier molecular flexibility index (Phi) is 5.16. The zero-order chi connectivity index (χ0) is 20.3. The Morgan fingerprint density at radius 3 is 2.50 bits per heavy atom. The van der Waals surface area contributed by atoms with Gasteiger partial charge in [-0.25, -0.2) is 4.79 Å². The van der Waals surface area contributed by atoms with Gasteiger partial charge in [-0.2, -0.15) is 0 Å². The number of hydrogen-bond acceptors (Lipinski definition) is 6. The number of benzene rings is 2. The third-order valence-corrected chi connectivity index (χ3v) is 4.08. The number of nitro benzene ring substituents is 1. The van der Waals surface area contributed by atoms with E-state index in [1.165, 1.54) is 31.4 Å². The minimum Gasteiger partial charge on any atom is -0.490 e. The number of amides is 4. The minimum atomic E-state index is -0.863. The van der Waals surface area contributed by atoms with Gasteiger partial charge in [0.15, 0.2) is 5.75 Å². The maximum Gasteiger partial charge on any atom is 0.331 e. The van der Waals surface area contributed by atoms with Gasteiger partial charge >= 0.3 is 11.7 Å². The third kappa shape index (κ3) is 3.73. The largest absolute Gasteiger partial charge is 0.490 e. The van der Waals surface area contributed by atoms with Crippen molar-refractivity contribution in [2.45, 2.75) is 6.54 Å². The van der Waals surface area contributed by atoms with E-state index in [4.69, 9.17) is 4.74 Å². The Labute approximate surface area is 159 Å². The van der Waals surface area contributed by atoms with Crippen LogP contribution < -0.4 is 10.1 Å². The van der Waals surface area contributed by atoms with Crippen LogP contribution in [-0.4, -0.2) is 34.8 Å². The summed E-state index contributed by atoms with van der Waals surface area (Å²) in [4.78, 5) is 48.4. The zero-order valence-corrected chi connectivity index (χ0v) is 14.7. The highest BCUT2D eigenvalue weighted by atomic mass is 16.6. The van der Waals surface area contributed by atoms with Crippen LogP contribution in [0.4, 0.5) is 10.5 Å². The van der Waals surface area contributed by atoms with Crippen molar-refractivity contribution in [2.75, 3.05) is 7.11 Å². The topological polar surface area (TPSA) is 119 Å². The molecule has 0 bridgehead atoms. The van der Waals surface area contributed by atoms with Crippen LogP contribution in [0.2, 0.25) is 0 Å². The number of nitro groups is 1. The lowest BCUT2D eigenvalue weighted by Gasteiger charge is -2.26. The summed E-state index contributed by atoms with van der Waals surface area (Å²) in [6.45, 7) is -0.0150. The highest BCUT2D eigenvalue weighted by Crippen LogP contribution is 2.29. The number of methoxy groups -OCH3 is 1. The molecule has 0 aliphatic carbocycles. The molecule has 3 rings (SSSR count). The molecule has 0 radical (unpaired) electrons. The maximum atomic E-state index is 12.7. The van der Waals surface area contributed by atoms with Gasteiger partial charge in [0, 0.05) is 6.07 Å². The smallest absolute Gasteiger partial charge is 0.331 e. The summed E-state index contributed by atoms with van der Waals surface area (Å²) in [5.41, 5.74) is 0.354. The zero-order valence-electron chi connectivity index (χ0n) is 14.7. The van der Waals surface area contributed by atoms with Crippen LogP contribution >= 0.6 is 0 Å². The quantitative estimate of drug-likeness (QED) is 0.367. The van der Waals surface area contributed by atoms with Gasteiger partial charge in [-0.3, -0.25) is 29.9 Å². The fourth-order valence-corrected chi connectivity index (χ4v) is 2.71. The van der Waals surface area contributed by atoms with Crippen LogP contribution in [0.1, 0.15) is 11.1 Å². The molecular weight excluding hydrogens is 366 g/mol. The first kappa shape index (κ1) is 18.8. The standard InChI is InChI=1S/C19H15N3O6/c1-28-16-8-7-13(10-15(16)22(26)27)9-14-17(23)20-19(25)21(18(14)24)11-12-5-3-2-4-6-12/h2-10H,11H2,1H3,(H,20,23,25). The fraction of sp³-hybridized carbons (Fsp3) is 0.105. The lowest BCUT2D eigenvalue weighted by Crippen LogP contribution is -2.53. The highest BCUT2D eigenvalue weighted by Gasteiger charge is 2.35. The number of carbonyl (C=O) groups is 3. The molecule has 0 unspecified atom stereocenters. The van der Waals surface area contributed by atoms with Crippen molar-refractivity contribution in [2.24, 2.45) is 0 Å². The second-order valence-electron chi connectivity index (χ2n) is 5.88. The van der Waals surface area contributed by atoms with Crippen molar-refractivity contribution < 1.29 is 24.0 Å². The average molecular weight is 381 g/mol. The molecule has 4 amide bonds. The van der Waals surface area contributed by atoms with Crippen molar-refractivity contribution in [3.63, 3.8) is 0 Å². The van der Waals surface area contributed by atoms with E-state index < -0.39 is 22.8 Å². The average Bonchev–Trinajstić information content (AvgIpc) is 2.69. The first-order valence-corrected chi connectivity index (χ1v) is 8.16. The molecule has 1 aliphatic heterocycles. The van der Waals surface area contributed by atoms with E-state index in [0.717, 1.165) is 4.90 Å². The molecule has 1 heterocycles. The lowest BCUT2D eigenvalue weighted by atomic mass is 10.1. The fourth-order valence-electron chi connectivity index (χ4n) is 2.71. The van der Waals surface area contributed by atoms with Crippen LogP contribution in [0.5, 0.6) is 5.75 Å². The SMILES string of the molecule is COc1ccc(C=C2C(=O)NC(=O)N(Cc3ccccc3)C2=O)cc1[N+](=O)[O-]. The number of urea groups is 1. The predicted octanol–water partition coefficient (Wildman–Crippen LogP) is 2.27. The van der Waals surface area contributed by atoms with Gasteiger partial charge in [0.2, 0.25) is 0 Å². The van der Waals surface area contributed by atoms with Crippen molar-refractivity contribution >= 4 is 29.6 Å². The molecule has 142 valence electrons. The second kappa shape index (κ2) is 7.70. The number of rotatable bonds is 5. The number of nitrogens with zero attached hydrogens (tertiary/aromatic N) is 2. The molecule has 0 atom stereocenters. The normalized spacial score (nSPS) is 15.5. The van der Waals surface area contributed by atoms with Gasteiger partial charge in [-0.15, -0.1) is 0 Å². The van der Waals surface area contributed by atoms with E-state index >= 15 is 0 Å². The summed E-state index contributed by atoms with van der Waals surface area (Å²) in [6, 6.07) is 12.0. The van der Waals surface area contributed by atoms with Gasteiger partial charge in [-0.05, 0) is 23.3 Å². The van der Waals surface area contributed by atoms with Gasteiger partial charge < -0.3 is 4.74 Å². The molecule has 9 heteroatoms. The van der Waals surface area contributed by atoms with E-state index in [1.807, 2.05) is 0 Å². The lowest BCUT2D eigenvalue weighted by molar-refractivity contribution is -0.385. The van der Waals surface area contributed by atoms with Crippen LogP contribution in [0.3, 0.4) is 0 Å². The summed E-state index contributed by atoms with van der Waals surface area (Å²) < 4.78 is 4.93. The Morgan fingerprint density at radius 2 is 1.86 bits per heavy atom. The molecular formula is C19H15N3O6. The van der Waals surface area contributed by atoms with Crippen LogP contribution in [0.15, 0.2) is 54.1 Å². The van der Waals surface area contributed by atoms with Gasteiger partial charge in [0.25, 0.3) is 11.8 Å². The van der Waals surface area contributed by atoms with Crippen LogP contribution in [0.25, 0.3) is 6.08 Å². The molecule has 1 N–H and O–H groups in total. The molecule has 2 aromatic carbocycles. The summed E-state index contributed by atoms with van der Waals surface area (Å²) in [7, 11) is 1.30. The van der Waals surface area contributed by atoms with Crippen molar-refractivity contribution in [3.8, 4) is 5.75 Å². The Morgan fingerprint density at radius 1 is 1.14 bits per heavy atom. The number of ether oxygens (including phenoxy) is 1. The number of carbonyl (C=O) groups excluding carboxylic acids is 3. The number of barbiturate groups is 1. The molecule has 1 aliphatic rings. The Hall–Kier alpha value is -4.01. The van der Waals surface area contributed by atoms with E-state index in [2.05, 4.69) is 5.32 Å². The van der Waals surface area contributed by atoms with Gasteiger partial charge in [0.1, 0.15) is 5.57 Å². The summed E-state index contributed by atoms with van der Waals surface area (Å²) >= 11 is 0. The molecule has 1 saturated heterocycles. The molecule has 1 fully saturated rings. The van der Waals surface area contributed by atoms with E-state index in [-0.39, 0.29) is 29.1 Å². The molecule has 0 saturated carbocycles. The minimum absolute atomic E-state index is 0.0150. The monoisotopic (exact) mass is 381 g/mol. The molecule has 2 aromatic rings. The Bertz CT molecular complexity index is 1000. The first-order valence-electron chi connectivity index (χ1n) is 8.16. The predicted molar refractivity (Wildman–Crippen MR) is 98.2 cm³/mol. The van der Waals surface area contributed by atoms with Gasteiger partial charge in [-0.1, -0.05) is 36.4 Å². The van der Waals surface area contributed by atoms with Crippen molar-refractivity contribution in [1.29, 1.82) is 0 Å². The van der Waals surface area contributed by atoms with E-state index in [9.17, 15) is 24.5 Å². The molecule has 0 spiro atoms. The Balaban J connectivity index is 1.95. The van der Waals surface area contributed by atoms with Crippen LogP contribution in [0, 0.1) is 10.1 Å². The number of hydrogen-bond donors (Lipinski definition) is 1. The molecule has 9 nitrogen and oxygen atoms in total. The first-order chi connectivity index (χ1) is 13.4. The van der Waals surface area contributed by atoms with Crippen molar-refractivity contribution in [3.05, 3.63) is 75.3 Å². The van der Waals surface area contributed by atoms with Gasteiger partial charge in [0.05, 0.1) is 18.6 Å². The van der Waals surface area contributed by atoms with E-state index in [1.54, 1.807) is 30.3 Å². The van der Waals surface area contributed by atoms with E-state index in [0.29, 0.717) is 5.56 Å². The van der Waals surface area contributed by atoms with Crippen LogP contribution in [-0.2, 0) is 16.1 Å². The summed E-state index contributed by atoms with van der Waals surface area (Å²) in [6.07, 6.45) is 1.20. The number of nitrogens with one attached hydrogen (secondary N) is 1. The highest BCUT2D eigenvalue weighted by molar-refractivity contribution is 6.30. The second-order valence-corrected chi connectivity index (χ2v) is 5.88. The molecule has 28 heavy (non-hydrogen) atoms. The number of imide groups is 2. The van der Waals surface area contributed by atoms with Crippen molar-refractivity contribution in [1.82, 2.24) is 10.2 Å².